The largest absolute Gasteiger partial charge is 0.477 e. The number of ether oxygens (including phenoxy) is 3. The summed E-state index contributed by atoms with van der Waals surface area (Å²) in [5.74, 6) is -0.701. The van der Waals surface area contributed by atoms with E-state index in [0.717, 1.165) is 0 Å². The molecule has 0 fully saturated rings. The van der Waals surface area contributed by atoms with E-state index in [1.54, 1.807) is 0 Å². The Hall–Kier alpha value is -2.99. The number of hydrogen-bond donors (Lipinski definition) is 0. The zero-order valence-corrected chi connectivity index (χ0v) is 16.2. The van der Waals surface area contributed by atoms with E-state index in [9.17, 15) is 23.2 Å². The lowest BCUT2D eigenvalue weighted by Gasteiger charge is -2.18. The van der Waals surface area contributed by atoms with Crippen molar-refractivity contribution in [3.05, 3.63) is 46.6 Å². The molecule has 29 heavy (non-hydrogen) atoms. The number of rotatable bonds is 7. The van der Waals surface area contributed by atoms with Crippen LogP contribution >= 0.6 is 11.6 Å². The number of alkyl halides is 3. The van der Waals surface area contributed by atoms with E-state index >= 15 is 0 Å². The van der Waals surface area contributed by atoms with Gasteiger partial charge in [0.05, 0.1) is 18.2 Å². The van der Waals surface area contributed by atoms with Crippen LogP contribution in [0, 0.1) is 11.3 Å². The fourth-order valence-corrected chi connectivity index (χ4v) is 2.50. The molecule has 6 nitrogen and oxygen atoms in total. The monoisotopic (exact) mass is 428 g/mol. The van der Waals surface area contributed by atoms with E-state index in [2.05, 4.69) is 4.98 Å². The maximum Gasteiger partial charge on any atom is 0.417 e. The van der Waals surface area contributed by atoms with Crippen LogP contribution in [0.3, 0.4) is 0 Å². The molecule has 0 bridgehead atoms. The van der Waals surface area contributed by atoms with E-state index in [4.69, 9.17) is 25.8 Å². The van der Waals surface area contributed by atoms with Crippen LogP contribution in [0.2, 0.25) is 5.02 Å². The number of benzene rings is 1. The summed E-state index contributed by atoms with van der Waals surface area (Å²) in [6.07, 6.45) is -3.94. The molecule has 1 heterocycles. The Morgan fingerprint density at radius 3 is 2.62 bits per heavy atom. The van der Waals surface area contributed by atoms with Crippen LogP contribution < -0.4 is 9.47 Å². The molecule has 1 aromatic heterocycles. The van der Waals surface area contributed by atoms with Crippen molar-refractivity contribution in [2.45, 2.75) is 32.0 Å². The smallest absolute Gasteiger partial charge is 0.417 e. The van der Waals surface area contributed by atoms with E-state index in [1.165, 1.54) is 25.3 Å². The van der Waals surface area contributed by atoms with Crippen LogP contribution in [0.1, 0.15) is 30.9 Å². The molecule has 1 unspecified atom stereocenters. The first-order chi connectivity index (χ1) is 13.7. The van der Waals surface area contributed by atoms with Gasteiger partial charge in [-0.25, -0.2) is 9.78 Å². The third kappa shape index (κ3) is 5.74. The Bertz CT molecular complexity index is 929. The van der Waals surface area contributed by atoms with Gasteiger partial charge in [0, 0.05) is 12.3 Å². The maximum absolute atomic E-state index is 12.7. The molecule has 0 aliphatic heterocycles. The minimum Gasteiger partial charge on any atom is -0.477 e. The van der Waals surface area contributed by atoms with Crippen molar-refractivity contribution in [3.63, 3.8) is 0 Å². The fraction of sp³-hybridized carbons (Fsp3) is 0.316. The third-order valence-corrected chi connectivity index (χ3v) is 3.98. The SMILES string of the molecule is CCCC(Oc1cc(Oc2ncc(C(F)(F)F)cc2Cl)ccc1C#N)C(=O)OC. The highest BCUT2D eigenvalue weighted by atomic mass is 35.5. The molecule has 0 radical (unpaired) electrons. The number of esters is 1. The Balaban J connectivity index is 2.31. The molecule has 1 aromatic carbocycles. The Kier molecular flexibility index (Phi) is 7.29. The van der Waals surface area contributed by atoms with Crippen LogP contribution in [0.25, 0.3) is 0 Å². The normalized spacial score (nSPS) is 12.0. The summed E-state index contributed by atoms with van der Waals surface area (Å²) >= 11 is 5.84. The van der Waals surface area contributed by atoms with Crippen molar-refractivity contribution in [2.75, 3.05) is 7.11 Å². The molecule has 0 spiro atoms. The summed E-state index contributed by atoms with van der Waals surface area (Å²) in [5, 5.41) is 8.92. The fourth-order valence-electron chi connectivity index (χ4n) is 2.29. The highest BCUT2D eigenvalue weighted by Gasteiger charge is 2.32. The number of nitriles is 1. The lowest BCUT2D eigenvalue weighted by atomic mass is 10.2. The molecule has 0 saturated carbocycles. The lowest BCUT2D eigenvalue weighted by molar-refractivity contribution is -0.149. The number of aromatic nitrogens is 1. The van der Waals surface area contributed by atoms with Gasteiger partial charge >= 0.3 is 12.1 Å². The molecule has 0 amide bonds. The molecular formula is C19H16ClF3N2O4. The summed E-state index contributed by atoms with van der Waals surface area (Å²) in [5.41, 5.74) is -0.881. The van der Waals surface area contributed by atoms with Gasteiger partial charge in [-0.2, -0.15) is 18.4 Å². The predicted molar refractivity (Wildman–Crippen MR) is 96.8 cm³/mol. The lowest BCUT2D eigenvalue weighted by Crippen LogP contribution is -2.28. The minimum atomic E-state index is -4.59. The summed E-state index contributed by atoms with van der Waals surface area (Å²) < 4.78 is 53.9. The van der Waals surface area contributed by atoms with Crippen molar-refractivity contribution in [1.82, 2.24) is 4.98 Å². The van der Waals surface area contributed by atoms with E-state index in [0.29, 0.717) is 25.1 Å². The first kappa shape index (κ1) is 22.3. The van der Waals surface area contributed by atoms with Crippen molar-refractivity contribution in [1.29, 1.82) is 5.26 Å². The zero-order valence-electron chi connectivity index (χ0n) is 15.4. The number of hydrogen-bond acceptors (Lipinski definition) is 6. The molecule has 0 saturated heterocycles. The van der Waals surface area contributed by atoms with Gasteiger partial charge in [0.15, 0.2) is 6.10 Å². The van der Waals surface area contributed by atoms with Gasteiger partial charge in [0.1, 0.15) is 22.6 Å². The van der Waals surface area contributed by atoms with Crippen LogP contribution in [-0.4, -0.2) is 24.2 Å². The van der Waals surface area contributed by atoms with E-state index < -0.39 is 23.8 Å². The van der Waals surface area contributed by atoms with Gasteiger partial charge in [-0.1, -0.05) is 24.9 Å². The Morgan fingerprint density at radius 1 is 1.34 bits per heavy atom. The molecule has 2 aromatic rings. The average Bonchev–Trinajstić information content (AvgIpc) is 2.68. The topological polar surface area (TPSA) is 81.4 Å². The Labute approximate surface area is 169 Å². The molecule has 10 heteroatoms. The van der Waals surface area contributed by atoms with Crippen LogP contribution in [0.4, 0.5) is 13.2 Å². The van der Waals surface area contributed by atoms with Crippen molar-refractivity contribution < 1.29 is 32.2 Å². The molecule has 0 aliphatic carbocycles. The molecule has 154 valence electrons. The van der Waals surface area contributed by atoms with Gasteiger partial charge in [-0.05, 0) is 24.6 Å². The number of carbonyl (C=O) groups is 1. The second kappa shape index (κ2) is 9.47. The van der Waals surface area contributed by atoms with Gasteiger partial charge in [0.25, 0.3) is 0 Å². The highest BCUT2D eigenvalue weighted by Crippen LogP contribution is 2.35. The zero-order chi connectivity index (χ0) is 21.6. The molecule has 2 rings (SSSR count). The van der Waals surface area contributed by atoms with Crippen LogP contribution in [-0.2, 0) is 15.7 Å². The maximum atomic E-state index is 12.7. The molecular weight excluding hydrogens is 413 g/mol. The summed E-state index contributed by atoms with van der Waals surface area (Å²) in [7, 11) is 1.22. The first-order valence-corrected chi connectivity index (χ1v) is 8.76. The highest BCUT2D eigenvalue weighted by molar-refractivity contribution is 6.31. The second-order valence-corrected chi connectivity index (χ2v) is 6.21. The van der Waals surface area contributed by atoms with Crippen LogP contribution in [0.15, 0.2) is 30.5 Å². The summed E-state index contributed by atoms with van der Waals surface area (Å²) in [4.78, 5) is 15.4. The molecule has 1 atom stereocenters. The van der Waals surface area contributed by atoms with Crippen LogP contribution in [0.5, 0.6) is 17.4 Å². The standard InChI is InChI=1S/C19H16ClF3N2O4/c1-3-4-15(18(26)27-2)29-16-8-13(6-5-11(16)9-24)28-17-14(20)7-12(10-25-17)19(21,22)23/h5-8,10,15H,3-4H2,1-2H3. The van der Waals surface area contributed by atoms with Crippen molar-refractivity contribution >= 4 is 17.6 Å². The van der Waals surface area contributed by atoms with Crippen molar-refractivity contribution in [3.8, 4) is 23.4 Å². The van der Waals surface area contributed by atoms with E-state index in [1.807, 2.05) is 13.0 Å². The number of nitrogens with zero attached hydrogens (tertiary/aromatic N) is 2. The molecule has 0 aliphatic rings. The number of halogens is 4. The average molecular weight is 429 g/mol. The Morgan fingerprint density at radius 2 is 2.07 bits per heavy atom. The summed E-state index contributed by atoms with van der Waals surface area (Å²) in [6.45, 7) is 1.85. The van der Waals surface area contributed by atoms with Gasteiger partial charge in [-0.15, -0.1) is 0 Å². The van der Waals surface area contributed by atoms with Gasteiger partial charge in [0.2, 0.25) is 5.88 Å². The third-order valence-electron chi connectivity index (χ3n) is 3.71. The van der Waals surface area contributed by atoms with Crippen molar-refractivity contribution in [2.24, 2.45) is 0 Å². The first-order valence-electron chi connectivity index (χ1n) is 8.38. The second-order valence-electron chi connectivity index (χ2n) is 5.80. The molecule has 0 N–H and O–H groups in total. The predicted octanol–water partition coefficient (Wildman–Crippen LogP) is 5.14. The number of methoxy groups -OCH3 is 1. The minimum absolute atomic E-state index is 0.0527. The number of carbonyl (C=O) groups excluding carboxylic acids is 1. The van der Waals surface area contributed by atoms with E-state index in [-0.39, 0.29) is 28.0 Å². The van der Waals surface area contributed by atoms with Gasteiger partial charge < -0.3 is 14.2 Å². The number of pyridine rings is 1. The quantitative estimate of drug-likeness (QED) is 0.568. The van der Waals surface area contributed by atoms with Gasteiger partial charge in [-0.3, -0.25) is 0 Å². The summed E-state index contributed by atoms with van der Waals surface area (Å²) in [6, 6.07) is 6.72.